The summed E-state index contributed by atoms with van der Waals surface area (Å²) in [5.74, 6) is -0.104. The van der Waals surface area contributed by atoms with Gasteiger partial charge in [0.25, 0.3) is 5.91 Å². The van der Waals surface area contributed by atoms with Crippen molar-refractivity contribution in [1.82, 2.24) is 9.88 Å². The van der Waals surface area contributed by atoms with Crippen molar-refractivity contribution in [3.63, 3.8) is 0 Å². The molecule has 1 aromatic heterocycles. The van der Waals surface area contributed by atoms with Crippen molar-refractivity contribution >= 4 is 11.6 Å². The second-order valence-corrected chi connectivity index (χ2v) is 3.48. The number of nitrogens with zero attached hydrogens (tertiary/aromatic N) is 2. The minimum atomic E-state index is -0.104. The molecule has 0 saturated carbocycles. The maximum Gasteiger partial charge on any atom is 0.272 e. The molecular weight excluding hydrogens is 178 g/mol. The molecule has 0 unspecified atom stereocenters. The molecule has 0 spiro atoms. The number of hydrogen-bond donors (Lipinski definition) is 1. The minimum Gasteiger partial charge on any atom is -0.399 e. The van der Waals surface area contributed by atoms with Crippen LogP contribution < -0.4 is 5.73 Å². The first kappa shape index (κ1) is 10.5. The van der Waals surface area contributed by atoms with E-state index in [1.54, 1.807) is 24.1 Å². The maximum atomic E-state index is 11.7. The van der Waals surface area contributed by atoms with Crippen LogP contribution in [0.3, 0.4) is 0 Å². The van der Waals surface area contributed by atoms with E-state index >= 15 is 0 Å². The molecule has 4 nitrogen and oxygen atoms in total. The van der Waals surface area contributed by atoms with E-state index in [4.69, 9.17) is 5.73 Å². The first-order chi connectivity index (χ1) is 6.52. The lowest BCUT2D eigenvalue weighted by Crippen LogP contribution is -2.33. The molecule has 0 aliphatic carbocycles. The quantitative estimate of drug-likeness (QED) is 0.766. The first-order valence-corrected chi connectivity index (χ1v) is 4.51. The molecule has 0 fully saturated rings. The Morgan fingerprint density at radius 1 is 1.57 bits per heavy atom. The first-order valence-electron chi connectivity index (χ1n) is 4.51. The molecule has 0 aliphatic rings. The molecule has 1 amide bonds. The van der Waals surface area contributed by atoms with E-state index < -0.39 is 0 Å². The average molecular weight is 193 g/mol. The summed E-state index contributed by atoms with van der Waals surface area (Å²) in [7, 11) is 1.75. The highest BCUT2D eigenvalue weighted by Gasteiger charge is 2.15. The molecule has 1 aromatic rings. The zero-order valence-corrected chi connectivity index (χ0v) is 8.69. The van der Waals surface area contributed by atoms with Crippen molar-refractivity contribution in [1.29, 1.82) is 0 Å². The second kappa shape index (κ2) is 4.09. The number of nitrogens with two attached hydrogens (primary N) is 1. The van der Waals surface area contributed by atoms with Crippen LogP contribution in [0, 0.1) is 0 Å². The van der Waals surface area contributed by atoms with Crippen molar-refractivity contribution in [2.75, 3.05) is 12.8 Å². The minimum absolute atomic E-state index is 0.104. The number of rotatable bonds is 2. The van der Waals surface area contributed by atoms with E-state index in [0.29, 0.717) is 11.4 Å². The molecule has 0 atom stereocenters. The monoisotopic (exact) mass is 193 g/mol. The zero-order valence-electron chi connectivity index (χ0n) is 8.69. The topological polar surface area (TPSA) is 59.2 Å². The van der Waals surface area contributed by atoms with Crippen LogP contribution in [0.4, 0.5) is 5.69 Å². The van der Waals surface area contributed by atoms with Crippen molar-refractivity contribution in [3.8, 4) is 0 Å². The van der Waals surface area contributed by atoms with Gasteiger partial charge in [-0.3, -0.25) is 9.78 Å². The Kier molecular flexibility index (Phi) is 3.06. The maximum absolute atomic E-state index is 11.7. The van der Waals surface area contributed by atoms with Gasteiger partial charge in [0.05, 0.1) is 0 Å². The number of hydrogen-bond acceptors (Lipinski definition) is 3. The van der Waals surface area contributed by atoms with Crippen LogP contribution in [0.1, 0.15) is 24.3 Å². The predicted octanol–water partition coefficient (Wildman–Crippen LogP) is 1.14. The molecule has 0 aliphatic heterocycles. The summed E-state index contributed by atoms with van der Waals surface area (Å²) in [4.78, 5) is 17.3. The van der Waals surface area contributed by atoms with E-state index in [1.807, 2.05) is 13.8 Å². The van der Waals surface area contributed by atoms with E-state index in [0.717, 1.165) is 0 Å². The SMILES string of the molecule is CC(C)N(C)C(=O)c1cc(N)ccn1. The Hall–Kier alpha value is -1.58. The fraction of sp³-hybridized carbons (Fsp3) is 0.400. The Balaban J connectivity index is 2.89. The summed E-state index contributed by atoms with van der Waals surface area (Å²) in [5, 5.41) is 0. The molecule has 76 valence electrons. The standard InChI is InChI=1S/C10H15N3O/c1-7(2)13(3)10(14)9-6-8(11)4-5-12-9/h4-7H,1-3H3,(H2,11,12). The summed E-state index contributed by atoms with van der Waals surface area (Å²) >= 11 is 0. The predicted molar refractivity (Wildman–Crippen MR) is 55.9 cm³/mol. The molecule has 1 heterocycles. The normalized spacial score (nSPS) is 10.3. The van der Waals surface area contributed by atoms with E-state index in [-0.39, 0.29) is 11.9 Å². The third-order valence-electron chi connectivity index (χ3n) is 2.10. The molecule has 1 rings (SSSR count). The molecule has 0 aromatic carbocycles. The highest BCUT2D eigenvalue weighted by Crippen LogP contribution is 2.07. The van der Waals surface area contributed by atoms with Crippen LogP contribution in [0.15, 0.2) is 18.3 Å². The third-order valence-corrected chi connectivity index (χ3v) is 2.10. The van der Waals surface area contributed by atoms with Gasteiger partial charge in [-0.2, -0.15) is 0 Å². The molecule has 0 saturated heterocycles. The van der Waals surface area contributed by atoms with Gasteiger partial charge in [0, 0.05) is 25.0 Å². The molecule has 0 bridgehead atoms. The van der Waals surface area contributed by atoms with Gasteiger partial charge < -0.3 is 10.6 Å². The van der Waals surface area contributed by atoms with Crippen LogP contribution in [0.25, 0.3) is 0 Å². The number of nitrogen functional groups attached to an aromatic ring is 1. The Labute approximate surface area is 83.7 Å². The third kappa shape index (κ3) is 2.22. The van der Waals surface area contributed by atoms with Gasteiger partial charge >= 0.3 is 0 Å². The van der Waals surface area contributed by atoms with Crippen molar-refractivity contribution in [2.45, 2.75) is 19.9 Å². The molecule has 2 N–H and O–H groups in total. The van der Waals surface area contributed by atoms with Gasteiger partial charge in [0.15, 0.2) is 0 Å². The lowest BCUT2D eigenvalue weighted by Gasteiger charge is -2.20. The number of pyridine rings is 1. The van der Waals surface area contributed by atoms with Crippen LogP contribution in [0.5, 0.6) is 0 Å². The van der Waals surface area contributed by atoms with Gasteiger partial charge in [-0.25, -0.2) is 0 Å². The summed E-state index contributed by atoms with van der Waals surface area (Å²) in [6.07, 6.45) is 1.54. The van der Waals surface area contributed by atoms with Gasteiger partial charge in [0.2, 0.25) is 0 Å². The number of carbonyl (C=O) groups excluding carboxylic acids is 1. The van der Waals surface area contributed by atoms with E-state index in [1.165, 1.54) is 6.20 Å². The Morgan fingerprint density at radius 3 is 2.71 bits per heavy atom. The lowest BCUT2D eigenvalue weighted by atomic mass is 10.2. The number of amides is 1. The summed E-state index contributed by atoms with van der Waals surface area (Å²) in [6, 6.07) is 3.40. The summed E-state index contributed by atoms with van der Waals surface area (Å²) in [6.45, 7) is 3.90. The molecule has 0 radical (unpaired) electrons. The average Bonchev–Trinajstić information content (AvgIpc) is 2.15. The largest absolute Gasteiger partial charge is 0.399 e. The van der Waals surface area contributed by atoms with Crippen LogP contribution >= 0.6 is 0 Å². The zero-order chi connectivity index (χ0) is 10.7. The molecule has 4 heteroatoms. The van der Waals surface area contributed by atoms with Crippen molar-refractivity contribution in [3.05, 3.63) is 24.0 Å². The van der Waals surface area contributed by atoms with E-state index in [9.17, 15) is 4.79 Å². The van der Waals surface area contributed by atoms with Crippen LogP contribution in [-0.4, -0.2) is 28.9 Å². The molecular formula is C10H15N3O. The van der Waals surface area contributed by atoms with Gasteiger partial charge in [-0.05, 0) is 26.0 Å². The van der Waals surface area contributed by atoms with Crippen LogP contribution in [0.2, 0.25) is 0 Å². The fourth-order valence-corrected chi connectivity index (χ4v) is 0.979. The summed E-state index contributed by atoms with van der Waals surface area (Å²) in [5.41, 5.74) is 6.51. The van der Waals surface area contributed by atoms with Crippen molar-refractivity contribution < 1.29 is 4.79 Å². The van der Waals surface area contributed by atoms with Crippen LogP contribution in [-0.2, 0) is 0 Å². The number of aromatic nitrogens is 1. The number of carbonyl (C=O) groups is 1. The Bertz CT molecular complexity index is 336. The Morgan fingerprint density at radius 2 is 2.21 bits per heavy atom. The summed E-state index contributed by atoms with van der Waals surface area (Å²) < 4.78 is 0. The highest BCUT2D eigenvalue weighted by atomic mass is 16.2. The number of anilines is 1. The second-order valence-electron chi connectivity index (χ2n) is 3.48. The highest BCUT2D eigenvalue weighted by molar-refractivity contribution is 5.93. The van der Waals surface area contributed by atoms with Crippen molar-refractivity contribution in [2.24, 2.45) is 0 Å². The van der Waals surface area contributed by atoms with E-state index in [2.05, 4.69) is 4.98 Å². The lowest BCUT2D eigenvalue weighted by molar-refractivity contribution is 0.0749. The smallest absolute Gasteiger partial charge is 0.272 e. The molecule has 14 heavy (non-hydrogen) atoms. The van der Waals surface area contributed by atoms with Gasteiger partial charge in [-0.1, -0.05) is 0 Å². The van der Waals surface area contributed by atoms with Gasteiger partial charge in [0.1, 0.15) is 5.69 Å². The fourth-order valence-electron chi connectivity index (χ4n) is 0.979. The van der Waals surface area contributed by atoms with Gasteiger partial charge in [-0.15, -0.1) is 0 Å².